The molecule has 4 amide bonds. The molecule has 1 saturated heterocycles. The zero-order valence-corrected chi connectivity index (χ0v) is 28.4. The van der Waals surface area contributed by atoms with Crippen molar-refractivity contribution in [1.82, 2.24) is 5.32 Å². The van der Waals surface area contributed by atoms with Gasteiger partial charge in [0.05, 0.1) is 10.9 Å². The van der Waals surface area contributed by atoms with E-state index in [0.717, 1.165) is 28.5 Å². The van der Waals surface area contributed by atoms with Gasteiger partial charge in [-0.05, 0) is 68.1 Å². The Hall–Kier alpha value is -4.55. The number of thioether (sulfide) groups is 1. The molecule has 1 aliphatic rings. The van der Waals surface area contributed by atoms with Gasteiger partial charge in [0.2, 0.25) is 5.91 Å². The van der Waals surface area contributed by atoms with E-state index in [2.05, 4.69) is 24.5 Å². The zero-order valence-electron chi connectivity index (χ0n) is 27.5. The molecule has 0 bridgehead atoms. The summed E-state index contributed by atoms with van der Waals surface area (Å²) in [4.78, 5) is 50.9. The van der Waals surface area contributed by atoms with Gasteiger partial charge >= 0.3 is 6.09 Å². The predicted molar refractivity (Wildman–Crippen MR) is 183 cm³/mol. The lowest BCUT2D eigenvalue weighted by molar-refractivity contribution is -0.119. The van der Waals surface area contributed by atoms with Gasteiger partial charge in [-0.1, -0.05) is 68.1 Å². The van der Waals surface area contributed by atoms with E-state index in [1.807, 2.05) is 24.3 Å². The van der Waals surface area contributed by atoms with E-state index < -0.39 is 22.9 Å². The molecule has 0 aliphatic carbocycles. The number of amides is 4. The molecule has 0 spiro atoms. The number of ether oxygens (including phenoxy) is 3. The Bertz CT molecular complexity index is 1620. The van der Waals surface area contributed by atoms with E-state index in [1.54, 1.807) is 70.3 Å². The molecule has 250 valence electrons. The van der Waals surface area contributed by atoms with Gasteiger partial charge in [-0.25, -0.2) is 4.79 Å². The molecule has 1 heterocycles. The summed E-state index contributed by atoms with van der Waals surface area (Å²) >= 11 is 0.970. The molecular weight excluding hydrogens is 620 g/mol. The molecule has 3 aromatic carbocycles. The van der Waals surface area contributed by atoms with Crippen LogP contribution in [0, 0.1) is 0 Å². The minimum absolute atomic E-state index is 0.203. The van der Waals surface area contributed by atoms with E-state index in [9.17, 15) is 19.2 Å². The van der Waals surface area contributed by atoms with Crippen LogP contribution in [0.4, 0.5) is 21.0 Å². The molecule has 47 heavy (non-hydrogen) atoms. The number of para-hydroxylation sites is 1. The maximum atomic E-state index is 13.2. The number of hydrogen-bond donors (Lipinski definition) is 3. The highest BCUT2D eigenvalue weighted by atomic mass is 32.2. The van der Waals surface area contributed by atoms with Gasteiger partial charge < -0.3 is 25.3 Å². The average molecular weight is 663 g/mol. The van der Waals surface area contributed by atoms with Crippen molar-refractivity contribution in [2.24, 2.45) is 5.73 Å². The Morgan fingerprint density at radius 2 is 1.66 bits per heavy atom. The number of benzene rings is 3. The minimum Gasteiger partial charge on any atom is -0.487 e. The standard InChI is InChI=1S/C35H42N4O7S/c1-34(2,3)46-33(43)39(6)26-11-8-12-27(45-19-23-9-7-10-24(17-23)35(4,5)21-36)30(26)37-29(40)20-44-25-15-13-22(14-16-25)18-28-31(41)38-32(42)47-28/h7-17,28H,18-21,36H2,1-6H3,(H,37,40)(H,38,41,42). The number of rotatable bonds is 12. The molecule has 0 aromatic heterocycles. The monoisotopic (exact) mass is 662 g/mol. The predicted octanol–water partition coefficient (Wildman–Crippen LogP) is 5.78. The summed E-state index contributed by atoms with van der Waals surface area (Å²) in [6.45, 7) is 9.84. The van der Waals surface area contributed by atoms with Gasteiger partial charge in [0, 0.05) is 19.0 Å². The van der Waals surface area contributed by atoms with Crippen molar-refractivity contribution in [2.45, 2.75) is 63.9 Å². The highest BCUT2D eigenvalue weighted by Crippen LogP contribution is 2.36. The summed E-state index contributed by atoms with van der Waals surface area (Å²) in [6.07, 6.45) is -0.209. The van der Waals surface area contributed by atoms with E-state index >= 15 is 0 Å². The molecule has 4 rings (SSSR count). The number of nitrogens with two attached hydrogens (primary N) is 1. The number of nitrogens with one attached hydrogen (secondary N) is 2. The molecule has 12 heteroatoms. The molecule has 1 atom stereocenters. The molecule has 1 unspecified atom stereocenters. The lowest BCUT2D eigenvalue weighted by atomic mass is 9.84. The van der Waals surface area contributed by atoms with Gasteiger partial charge in [0.15, 0.2) is 6.61 Å². The van der Waals surface area contributed by atoms with Crippen molar-refractivity contribution in [3.63, 3.8) is 0 Å². The van der Waals surface area contributed by atoms with Crippen LogP contribution >= 0.6 is 11.8 Å². The first-order valence-electron chi connectivity index (χ1n) is 15.2. The van der Waals surface area contributed by atoms with Crippen LogP contribution in [0.25, 0.3) is 0 Å². The number of imide groups is 1. The van der Waals surface area contributed by atoms with E-state index in [4.69, 9.17) is 19.9 Å². The molecular formula is C35H42N4O7S. The Labute approximate surface area is 279 Å². The van der Waals surface area contributed by atoms with E-state index in [-0.39, 0.29) is 35.5 Å². The smallest absolute Gasteiger partial charge is 0.414 e. The fourth-order valence-corrected chi connectivity index (χ4v) is 5.48. The maximum absolute atomic E-state index is 13.2. The molecule has 0 radical (unpaired) electrons. The van der Waals surface area contributed by atoms with Crippen LogP contribution in [0.1, 0.15) is 51.3 Å². The SMILES string of the molecule is CN(C(=O)OC(C)(C)C)c1cccc(OCc2cccc(C(C)(C)CN)c2)c1NC(=O)COc1ccc(CC2SC(=O)NC2=O)cc1. The largest absolute Gasteiger partial charge is 0.487 e. The first-order valence-corrected chi connectivity index (χ1v) is 16.1. The van der Waals surface area contributed by atoms with Gasteiger partial charge in [0.25, 0.3) is 11.1 Å². The van der Waals surface area contributed by atoms with Gasteiger partial charge in [-0.2, -0.15) is 0 Å². The van der Waals surface area contributed by atoms with Crippen molar-refractivity contribution < 1.29 is 33.4 Å². The van der Waals surface area contributed by atoms with Crippen molar-refractivity contribution in [1.29, 1.82) is 0 Å². The van der Waals surface area contributed by atoms with Crippen molar-refractivity contribution in [3.05, 3.63) is 83.4 Å². The second kappa shape index (κ2) is 14.9. The van der Waals surface area contributed by atoms with Crippen LogP contribution in [-0.4, -0.2) is 54.2 Å². The number of carbonyl (C=O) groups is 4. The second-order valence-electron chi connectivity index (χ2n) is 12.8. The zero-order chi connectivity index (χ0) is 34.4. The molecule has 1 aliphatic heterocycles. The van der Waals surface area contributed by atoms with Crippen LogP contribution in [-0.2, 0) is 32.8 Å². The lowest BCUT2D eigenvalue weighted by Gasteiger charge is -2.27. The molecule has 3 aromatic rings. The summed E-state index contributed by atoms with van der Waals surface area (Å²) in [5.41, 5.74) is 8.55. The first-order chi connectivity index (χ1) is 22.1. The summed E-state index contributed by atoms with van der Waals surface area (Å²) in [5, 5.41) is 4.32. The van der Waals surface area contributed by atoms with Crippen LogP contribution in [0.5, 0.6) is 11.5 Å². The summed E-state index contributed by atoms with van der Waals surface area (Å²) in [7, 11) is 1.56. The van der Waals surface area contributed by atoms with Crippen LogP contribution in [0.3, 0.4) is 0 Å². The number of carbonyl (C=O) groups excluding carboxylic acids is 4. The lowest BCUT2D eigenvalue weighted by Crippen LogP contribution is -2.35. The topological polar surface area (TPSA) is 149 Å². The van der Waals surface area contributed by atoms with Gasteiger partial charge in [-0.3, -0.25) is 24.6 Å². The third-order valence-corrected chi connectivity index (χ3v) is 8.37. The van der Waals surface area contributed by atoms with E-state index in [1.165, 1.54) is 4.90 Å². The Morgan fingerprint density at radius 3 is 2.30 bits per heavy atom. The maximum Gasteiger partial charge on any atom is 0.414 e. The van der Waals surface area contributed by atoms with Crippen LogP contribution < -0.4 is 30.7 Å². The van der Waals surface area contributed by atoms with Crippen molar-refractivity contribution >= 4 is 46.3 Å². The summed E-state index contributed by atoms with van der Waals surface area (Å²) in [5.74, 6) is 0.0148. The number of nitrogens with zero attached hydrogens (tertiary/aromatic N) is 1. The first kappa shape index (κ1) is 35.3. The number of hydrogen-bond acceptors (Lipinski definition) is 9. The van der Waals surface area contributed by atoms with Crippen LogP contribution in [0.15, 0.2) is 66.7 Å². The number of anilines is 2. The second-order valence-corrected chi connectivity index (χ2v) is 14.0. The fourth-order valence-electron chi connectivity index (χ4n) is 4.62. The van der Waals surface area contributed by atoms with Crippen molar-refractivity contribution in [3.8, 4) is 11.5 Å². The highest BCUT2D eigenvalue weighted by molar-refractivity contribution is 8.15. The quantitative estimate of drug-likeness (QED) is 0.219. The Kier molecular flexibility index (Phi) is 11.2. The molecule has 0 saturated carbocycles. The third-order valence-electron chi connectivity index (χ3n) is 7.39. The molecule has 1 fully saturated rings. The van der Waals surface area contributed by atoms with E-state index in [0.29, 0.717) is 30.2 Å². The third kappa shape index (κ3) is 9.72. The van der Waals surface area contributed by atoms with Crippen molar-refractivity contribution in [2.75, 3.05) is 30.4 Å². The fraction of sp³-hybridized carbons (Fsp3) is 0.371. The van der Waals surface area contributed by atoms with Gasteiger partial charge in [0.1, 0.15) is 29.4 Å². The summed E-state index contributed by atoms with van der Waals surface area (Å²) < 4.78 is 17.5. The molecule has 11 nitrogen and oxygen atoms in total. The minimum atomic E-state index is -0.728. The average Bonchev–Trinajstić information content (AvgIpc) is 3.34. The summed E-state index contributed by atoms with van der Waals surface area (Å²) in [6, 6.07) is 20.1. The Morgan fingerprint density at radius 1 is 0.957 bits per heavy atom. The molecule has 4 N–H and O–H groups in total. The Balaban J connectivity index is 1.49. The van der Waals surface area contributed by atoms with Crippen LogP contribution in [0.2, 0.25) is 0 Å². The normalized spacial score (nSPS) is 14.7. The van der Waals surface area contributed by atoms with Gasteiger partial charge in [-0.15, -0.1) is 0 Å². The highest BCUT2D eigenvalue weighted by Gasteiger charge is 2.31.